The van der Waals surface area contributed by atoms with Crippen LogP contribution in [0.25, 0.3) is 0 Å². The molecule has 186 valence electrons. The maximum Gasteiger partial charge on any atom is 0.264 e. The van der Waals surface area contributed by atoms with Gasteiger partial charge in [0.2, 0.25) is 5.91 Å². The van der Waals surface area contributed by atoms with E-state index in [0.29, 0.717) is 17.2 Å². The number of methoxy groups -OCH3 is 2. The molecule has 3 aromatic rings. The molecule has 0 bridgehead atoms. The Kier molecular flexibility index (Phi) is 8.53. The van der Waals surface area contributed by atoms with Gasteiger partial charge in [-0.25, -0.2) is 12.8 Å². The van der Waals surface area contributed by atoms with Crippen LogP contribution in [0.3, 0.4) is 0 Å². The van der Waals surface area contributed by atoms with Gasteiger partial charge in [-0.2, -0.15) is 0 Å². The van der Waals surface area contributed by atoms with Crippen LogP contribution < -0.4 is 23.8 Å². The summed E-state index contributed by atoms with van der Waals surface area (Å²) in [6.45, 7) is 1.69. The van der Waals surface area contributed by atoms with Gasteiger partial charge in [-0.15, -0.1) is 0 Å². The SMILES string of the molecule is COc1ccc(S(=O)(=O)N(CC(=O)NCCOc2ccc(F)cc2)c2ccc(C)cc2)cc1OC. The molecule has 0 atom stereocenters. The number of hydrogen-bond acceptors (Lipinski definition) is 6. The molecule has 0 spiro atoms. The number of nitrogens with one attached hydrogen (secondary N) is 1. The second kappa shape index (κ2) is 11.6. The van der Waals surface area contributed by atoms with Crippen LogP contribution in [0.5, 0.6) is 17.2 Å². The van der Waals surface area contributed by atoms with Crippen LogP contribution in [0.15, 0.2) is 71.6 Å². The lowest BCUT2D eigenvalue weighted by Gasteiger charge is -2.24. The van der Waals surface area contributed by atoms with Crippen molar-refractivity contribution < 1.29 is 31.8 Å². The normalized spacial score (nSPS) is 11.0. The molecule has 0 aliphatic heterocycles. The fourth-order valence-corrected chi connectivity index (χ4v) is 4.64. The van der Waals surface area contributed by atoms with Crippen molar-refractivity contribution in [2.24, 2.45) is 0 Å². The summed E-state index contributed by atoms with van der Waals surface area (Å²) in [5, 5.41) is 2.65. The van der Waals surface area contributed by atoms with E-state index in [1.807, 2.05) is 6.92 Å². The number of anilines is 1. The predicted molar refractivity (Wildman–Crippen MR) is 130 cm³/mol. The van der Waals surface area contributed by atoms with Gasteiger partial charge in [0, 0.05) is 6.07 Å². The number of halogens is 1. The van der Waals surface area contributed by atoms with E-state index >= 15 is 0 Å². The monoisotopic (exact) mass is 502 g/mol. The number of rotatable bonds is 11. The first-order chi connectivity index (χ1) is 16.7. The maximum absolute atomic E-state index is 13.6. The molecule has 0 radical (unpaired) electrons. The zero-order valence-corrected chi connectivity index (χ0v) is 20.5. The molecular weight excluding hydrogens is 475 g/mol. The van der Waals surface area contributed by atoms with Gasteiger partial charge in [0.15, 0.2) is 11.5 Å². The molecule has 0 saturated carbocycles. The van der Waals surface area contributed by atoms with Crippen molar-refractivity contribution in [1.29, 1.82) is 0 Å². The smallest absolute Gasteiger partial charge is 0.264 e. The van der Waals surface area contributed by atoms with Crippen molar-refractivity contribution in [2.75, 3.05) is 38.2 Å². The third-order valence-corrected chi connectivity index (χ3v) is 6.83. The second-order valence-corrected chi connectivity index (χ2v) is 9.38. The molecule has 0 aromatic heterocycles. The molecule has 8 nitrogen and oxygen atoms in total. The highest BCUT2D eigenvalue weighted by Crippen LogP contribution is 2.32. The van der Waals surface area contributed by atoms with E-state index in [1.165, 1.54) is 56.7 Å². The number of amides is 1. The van der Waals surface area contributed by atoms with E-state index in [0.717, 1.165) is 9.87 Å². The number of benzene rings is 3. The first-order valence-electron chi connectivity index (χ1n) is 10.7. The molecule has 0 aliphatic carbocycles. The van der Waals surface area contributed by atoms with Crippen LogP contribution in [0.1, 0.15) is 5.56 Å². The van der Waals surface area contributed by atoms with Gasteiger partial charge in [-0.1, -0.05) is 17.7 Å². The van der Waals surface area contributed by atoms with Gasteiger partial charge in [0.25, 0.3) is 10.0 Å². The summed E-state index contributed by atoms with van der Waals surface area (Å²) in [4.78, 5) is 12.6. The first-order valence-corrected chi connectivity index (χ1v) is 12.1. The van der Waals surface area contributed by atoms with E-state index in [2.05, 4.69) is 5.32 Å². The number of nitrogens with zero attached hydrogens (tertiary/aromatic N) is 1. The lowest BCUT2D eigenvalue weighted by molar-refractivity contribution is -0.119. The third-order valence-electron chi connectivity index (χ3n) is 5.06. The Labute approximate surface area is 204 Å². The van der Waals surface area contributed by atoms with Gasteiger partial charge >= 0.3 is 0 Å². The molecule has 1 amide bonds. The molecule has 0 aliphatic rings. The number of sulfonamides is 1. The Balaban J connectivity index is 1.76. The van der Waals surface area contributed by atoms with Crippen molar-refractivity contribution in [3.05, 3.63) is 78.1 Å². The summed E-state index contributed by atoms with van der Waals surface area (Å²) >= 11 is 0. The second-order valence-electron chi connectivity index (χ2n) is 7.52. The molecular formula is C25H27FN2O6S. The minimum Gasteiger partial charge on any atom is -0.493 e. The summed E-state index contributed by atoms with van der Waals surface area (Å²) in [5.41, 5.74) is 1.28. The number of carbonyl (C=O) groups is 1. The summed E-state index contributed by atoms with van der Waals surface area (Å²) in [6.07, 6.45) is 0. The molecule has 0 fully saturated rings. The van der Waals surface area contributed by atoms with Crippen molar-refractivity contribution in [3.63, 3.8) is 0 Å². The minimum absolute atomic E-state index is 0.0526. The standard InChI is InChI=1S/C25H27FN2O6S/c1-18-4-8-20(9-5-18)28(35(30,31)22-12-13-23(32-2)24(16-22)33-3)17-25(29)27-14-15-34-21-10-6-19(26)7-11-21/h4-13,16H,14-15,17H2,1-3H3,(H,27,29). The minimum atomic E-state index is -4.13. The highest BCUT2D eigenvalue weighted by Gasteiger charge is 2.28. The van der Waals surface area contributed by atoms with Crippen LogP contribution in [-0.2, 0) is 14.8 Å². The molecule has 3 rings (SSSR count). The summed E-state index contributed by atoms with van der Waals surface area (Å²) in [5.74, 6) is 0.194. The summed E-state index contributed by atoms with van der Waals surface area (Å²) < 4.78 is 57.0. The van der Waals surface area contributed by atoms with Crippen LogP contribution in [0.2, 0.25) is 0 Å². The summed E-state index contributed by atoms with van der Waals surface area (Å²) in [7, 11) is -1.26. The predicted octanol–water partition coefficient (Wildman–Crippen LogP) is 3.54. The van der Waals surface area contributed by atoms with E-state index < -0.39 is 22.5 Å². The Bertz CT molecular complexity index is 1250. The van der Waals surface area contributed by atoms with Gasteiger partial charge in [0.1, 0.15) is 24.7 Å². The number of aryl methyl sites for hydroxylation is 1. The Morgan fingerprint density at radius 1 is 0.943 bits per heavy atom. The first kappa shape index (κ1) is 25.8. The topological polar surface area (TPSA) is 94.2 Å². The zero-order chi connectivity index (χ0) is 25.4. The highest BCUT2D eigenvalue weighted by molar-refractivity contribution is 7.92. The van der Waals surface area contributed by atoms with Crippen molar-refractivity contribution in [3.8, 4) is 17.2 Å². The van der Waals surface area contributed by atoms with E-state index in [1.54, 1.807) is 24.3 Å². The molecule has 0 saturated heterocycles. The van der Waals surface area contributed by atoms with Crippen LogP contribution in [0.4, 0.5) is 10.1 Å². The van der Waals surface area contributed by atoms with Gasteiger partial charge in [-0.3, -0.25) is 9.10 Å². The Hall–Kier alpha value is -3.79. The van der Waals surface area contributed by atoms with Crippen molar-refractivity contribution >= 4 is 21.6 Å². The highest BCUT2D eigenvalue weighted by atomic mass is 32.2. The Morgan fingerprint density at radius 3 is 2.23 bits per heavy atom. The largest absolute Gasteiger partial charge is 0.493 e. The van der Waals surface area contributed by atoms with Crippen LogP contribution >= 0.6 is 0 Å². The van der Waals surface area contributed by atoms with E-state index in [-0.39, 0.29) is 29.6 Å². The van der Waals surface area contributed by atoms with Crippen molar-refractivity contribution in [2.45, 2.75) is 11.8 Å². The van der Waals surface area contributed by atoms with Crippen LogP contribution in [-0.4, -0.2) is 48.2 Å². The Morgan fingerprint density at radius 2 is 1.60 bits per heavy atom. The van der Waals surface area contributed by atoms with E-state index in [4.69, 9.17) is 14.2 Å². The van der Waals surface area contributed by atoms with Crippen LogP contribution in [0, 0.1) is 12.7 Å². The van der Waals surface area contributed by atoms with Crippen molar-refractivity contribution in [1.82, 2.24) is 5.32 Å². The number of hydrogen-bond donors (Lipinski definition) is 1. The zero-order valence-electron chi connectivity index (χ0n) is 19.7. The van der Waals surface area contributed by atoms with E-state index in [9.17, 15) is 17.6 Å². The molecule has 10 heteroatoms. The number of ether oxygens (including phenoxy) is 3. The van der Waals surface area contributed by atoms with Gasteiger partial charge in [-0.05, 0) is 55.5 Å². The molecule has 3 aromatic carbocycles. The molecule has 0 unspecified atom stereocenters. The number of carbonyl (C=O) groups excluding carboxylic acids is 1. The maximum atomic E-state index is 13.6. The lowest BCUT2D eigenvalue weighted by Crippen LogP contribution is -2.41. The van der Waals surface area contributed by atoms with Gasteiger partial charge in [0.05, 0.1) is 31.3 Å². The fourth-order valence-electron chi connectivity index (χ4n) is 3.21. The van der Waals surface area contributed by atoms with Gasteiger partial charge < -0.3 is 19.5 Å². The fraction of sp³-hybridized carbons (Fsp3) is 0.240. The average molecular weight is 503 g/mol. The lowest BCUT2D eigenvalue weighted by atomic mass is 10.2. The summed E-state index contributed by atoms with van der Waals surface area (Å²) in [6, 6.07) is 16.5. The molecule has 0 heterocycles. The molecule has 1 N–H and O–H groups in total. The molecule has 35 heavy (non-hydrogen) atoms. The third kappa shape index (κ3) is 6.63. The average Bonchev–Trinajstić information content (AvgIpc) is 2.86. The quantitative estimate of drug-likeness (QED) is 0.403.